The second kappa shape index (κ2) is 6.27. The number of carbonyl (C=O) groups is 1. The van der Waals surface area contributed by atoms with Crippen LogP contribution in [-0.4, -0.2) is 45.6 Å². The number of aliphatic hydroxyl groups excluding tert-OH is 1. The van der Waals surface area contributed by atoms with Gasteiger partial charge < -0.3 is 15.2 Å². The van der Waals surface area contributed by atoms with Gasteiger partial charge in [-0.2, -0.15) is 0 Å². The molecule has 8 nitrogen and oxygen atoms in total. The Morgan fingerprint density at radius 3 is 2.60 bits per heavy atom. The minimum Gasteiger partial charge on any atom is -0.484 e. The zero-order valence-corrected chi connectivity index (χ0v) is 14.6. The van der Waals surface area contributed by atoms with Gasteiger partial charge in [0.25, 0.3) is 5.69 Å². The number of anilines is 1. The minimum absolute atomic E-state index is 0.121. The van der Waals surface area contributed by atoms with E-state index in [0.717, 1.165) is 25.9 Å². The maximum atomic E-state index is 11.4. The topological polar surface area (TPSA) is 105 Å². The van der Waals surface area contributed by atoms with Crippen LogP contribution < -0.4 is 10.1 Å². The van der Waals surface area contributed by atoms with Crippen molar-refractivity contribution < 1.29 is 19.6 Å². The average Bonchev–Trinajstić information content (AvgIpc) is 3.01. The van der Waals surface area contributed by atoms with Crippen LogP contribution in [0.2, 0.25) is 0 Å². The largest absolute Gasteiger partial charge is 0.484 e. The number of hydrogen-bond acceptors (Lipinski definition) is 6. The van der Waals surface area contributed by atoms with Crippen LogP contribution >= 0.6 is 0 Å². The summed E-state index contributed by atoms with van der Waals surface area (Å²) < 4.78 is 5.88. The van der Waals surface area contributed by atoms with Gasteiger partial charge in [0, 0.05) is 12.5 Å². The molecule has 1 aromatic rings. The van der Waals surface area contributed by atoms with Crippen molar-refractivity contribution in [2.75, 3.05) is 18.4 Å². The summed E-state index contributed by atoms with van der Waals surface area (Å²) in [5.41, 5.74) is -0.302. The molecule has 2 aliphatic rings. The van der Waals surface area contributed by atoms with Crippen LogP contribution in [0.4, 0.5) is 11.4 Å². The minimum atomic E-state index is -0.871. The monoisotopic (exact) mass is 349 g/mol. The normalized spacial score (nSPS) is 25.1. The third-order valence-electron chi connectivity index (χ3n) is 4.87. The lowest BCUT2D eigenvalue weighted by Crippen LogP contribution is -2.53. The maximum Gasteiger partial charge on any atom is 0.296 e. The number of amides is 1. The van der Waals surface area contributed by atoms with Crippen molar-refractivity contribution >= 4 is 17.3 Å². The van der Waals surface area contributed by atoms with Crippen LogP contribution in [0.3, 0.4) is 0 Å². The zero-order valence-electron chi connectivity index (χ0n) is 14.6. The molecule has 0 saturated carbocycles. The van der Waals surface area contributed by atoms with Crippen LogP contribution in [0.25, 0.3) is 0 Å². The van der Waals surface area contributed by atoms with E-state index in [4.69, 9.17) is 4.74 Å². The predicted molar refractivity (Wildman–Crippen MR) is 91.7 cm³/mol. The number of hydrogen-bond donors (Lipinski definition) is 2. The lowest BCUT2D eigenvalue weighted by atomic mass is 9.85. The Bertz CT molecular complexity index is 712. The fourth-order valence-electron chi connectivity index (χ4n) is 3.66. The van der Waals surface area contributed by atoms with E-state index in [1.165, 1.54) is 13.0 Å². The molecule has 2 atom stereocenters. The standard InChI is InChI=1S/C17H23N3O5/c1-10(21)18-12-8-11-14(9-13(12)20(23)24)25-17(2,3)16(22)15(11)19-6-4-5-7-19/h8-9,15-16,22H,4-7H2,1-3H3,(H,18,21)/t15-,16+/m1/s1. The van der Waals surface area contributed by atoms with Gasteiger partial charge in [-0.1, -0.05) is 0 Å². The van der Waals surface area contributed by atoms with Crippen LogP contribution in [0.1, 0.15) is 45.2 Å². The molecule has 1 saturated heterocycles. The molecule has 2 N–H and O–H groups in total. The molecular formula is C17H23N3O5. The Labute approximate surface area is 145 Å². The van der Waals surface area contributed by atoms with Gasteiger partial charge in [-0.15, -0.1) is 0 Å². The van der Waals surface area contributed by atoms with Gasteiger partial charge in [0.15, 0.2) is 0 Å². The number of benzene rings is 1. The molecule has 8 heteroatoms. The predicted octanol–water partition coefficient (Wildman–Crippen LogP) is 2.22. The lowest BCUT2D eigenvalue weighted by Gasteiger charge is -2.45. The molecule has 0 aromatic heterocycles. The number of nitro groups is 1. The Morgan fingerprint density at radius 1 is 1.40 bits per heavy atom. The van der Waals surface area contributed by atoms with Crippen LogP contribution in [0.15, 0.2) is 12.1 Å². The van der Waals surface area contributed by atoms with E-state index >= 15 is 0 Å². The summed E-state index contributed by atoms with van der Waals surface area (Å²) >= 11 is 0. The highest BCUT2D eigenvalue weighted by Crippen LogP contribution is 2.47. The molecule has 0 aliphatic carbocycles. The van der Waals surface area contributed by atoms with Crippen molar-refractivity contribution in [3.05, 3.63) is 27.8 Å². The smallest absolute Gasteiger partial charge is 0.296 e. The molecule has 25 heavy (non-hydrogen) atoms. The zero-order chi connectivity index (χ0) is 18.4. The van der Waals surface area contributed by atoms with Gasteiger partial charge in [0.2, 0.25) is 5.91 Å². The molecule has 2 heterocycles. The number of likely N-dealkylation sites (tertiary alicyclic amines) is 1. The van der Waals surface area contributed by atoms with Crippen molar-refractivity contribution in [2.24, 2.45) is 0 Å². The number of rotatable bonds is 3. The Morgan fingerprint density at radius 2 is 2.04 bits per heavy atom. The van der Waals surface area contributed by atoms with Crippen LogP contribution in [0, 0.1) is 10.1 Å². The highest BCUT2D eigenvalue weighted by atomic mass is 16.6. The number of nitrogens with zero attached hydrogens (tertiary/aromatic N) is 2. The summed E-state index contributed by atoms with van der Waals surface area (Å²) in [7, 11) is 0. The summed E-state index contributed by atoms with van der Waals surface area (Å²) in [6.45, 7) is 6.55. The van der Waals surface area contributed by atoms with E-state index in [0.29, 0.717) is 11.3 Å². The molecule has 2 aliphatic heterocycles. The van der Waals surface area contributed by atoms with Gasteiger partial charge in [-0.25, -0.2) is 0 Å². The van der Waals surface area contributed by atoms with E-state index in [-0.39, 0.29) is 17.4 Å². The first kappa shape index (κ1) is 17.6. The van der Waals surface area contributed by atoms with E-state index in [9.17, 15) is 20.0 Å². The summed E-state index contributed by atoms with van der Waals surface area (Å²) in [5.74, 6) is -0.00798. The molecule has 136 valence electrons. The van der Waals surface area contributed by atoms with Crippen LogP contribution in [-0.2, 0) is 4.79 Å². The van der Waals surface area contributed by atoms with Gasteiger partial charge in [0.1, 0.15) is 23.1 Å². The quantitative estimate of drug-likeness (QED) is 0.640. The number of aliphatic hydroxyl groups is 1. The number of fused-ring (bicyclic) bond motifs is 1. The van der Waals surface area contributed by atoms with Crippen LogP contribution in [0.5, 0.6) is 5.75 Å². The molecule has 0 spiro atoms. The Kier molecular flexibility index (Phi) is 4.42. The second-order valence-electron chi connectivity index (χ2n) is 7.18. The van der Waals surface area contributed by atoms with Gasteiger partial charge in [0.05, 0.1) is 17.0 Å². The van der Waals surface area contributed by atoms with Crippen molar-refractivity contribution in [3.63, 3.8) is 0 Å². The Hall–Kier alpha value is -2.19. The number of nitrogens with one attached hydrogen (secondary N) is 1. The average molecular weight is 349 g/mol. The van der Waals surface area contributed by atoms with E-state index in [2.05, 4.69) is 10.2 Å². The third-order valence-corrected chi connectivity index (χ3v) is 4.87. The molecule has 1 aromatic carbocycles. The van der Waals surface area contributed by atoms with E-state index < -0.39 is 22.5 Å². The molecule has 3 rings (SSSR count). The van der Waals surface area contributed by atoms with E-state index in [1.807, 2.05) is 0 Å². The first-order valence-electron chi connectivity index (χ1n) is 8.42. The Balaban J connectivity index is 2.15. The fraction of sp³-hybridized carbons (Fsp3) is 0.588. The molecule has 1 fully saturated rings. The van der Waals surface area contributed by atoms with E-state index in [1.54, 1.807) is 19.9 Å². The van der Waals surface area contributed by atoms with Gasteiger partial charge >= 0.3 is 0 Å². The summed E-state index contributed by atoms with van der Waals surface area (Å²) in [4.78, 5) is 24.5. The molecule has 0 bridgehead atoms. The number of carbonyl (C=O) groups excluding carboxylic acids is 1. The van der Waals surface area contributed by atoms with Crippen molar-refractivity contribution in [2.45, 2.75) is 51.4 Å². The molecule has 0 unspecified atom stereocenters. The van der Waals surface area contributed by atoms with Gasteiger partial charge in [-0.05, 0) is 45.8 Å². The lowest BCUT2D eigenvalue weighted by molar-refractivity contribution is -0.384. The second-order valence-corrected chi connectivity index (χ2v) is 7.18. The first-order valence-corrected chi connectivity index (χ1v) is 8.42. The number of nitro benzene ring substituents is 1. The summed E-state index contributed by atoms with van der Waals surface area (Å²) in [6.07, 6.45) is 1.31. The number of ether oxygens (including phenoxy) is 1. The fourth-order valence-corrected chi connectivity index (χ4v) is 3.66. The third kappa shape index (κ3) is 3.19. The van der Waals surface area contributed by atoms with Crippen molar-refractivity contribution in [1.82, 2.24) is 4.90 Å². The summed E-state index contributed by atoms with van der Waals surface area (Å²) in [5, 5.41) is 24.8. The van der Waals surface area contributed by atoms with Crippen molar-refractivity contribution in [3.8, 4) is 5.75 Å². The molecular weight excluding hydrogens is 326 g/mol. The summed E-state index contributed by atoms with van der Waals surface area (Å²) in [6, 6.07) is 2.59. The van der Waals surface area contributed by atoms with Gasteiger partial charge in [-0.3, -0.25) is 19.8 Å². The molecule has 1 amide bonds. The first-order chi connectivity index (χ1) is 11.7. The molecule has 0 radical (unpaired) electrons. The maximum absolute atomic E-state index is 11.4. The SMILES string of the molecule is CC(=O)Nc1cc2c(cc1[N+](=O)[O-])OC(C)(C)[C@@H](O)[C@@H]2N1CCCC1. The highest BCUT2D eigenvalue weighted by Gasteiger charge is 2.46. The van der Waals surface area contributed by atoms with Crippen molar-refractivity contribution in [1.29, 1.82) is 0 Å². The highest BCUT2D eigenvalue weighted by molar-refractivity contribution is 5.91.